The molecule has 126 valence electrons. The summed E-state index contributed by atoms with van der Waals surface area (Å²) in [5.74, 6) is -0.337. The quantitative estimate of drug-likeness (QED) is 0.722. The van der Waals surface area contributed by atoms with Gasteiger partial charge in [0.15, 0.2) is 0 Å². The van der Waals surface area contributed by atoms with Crippen LogP contribution in [0, 0.1) is 0 Å². The second-order valence-electron chi connectivity index (χ2n) is 6.67. The number of carbonyl (C=O) groups excluding carboxylic acids is 2. The lowest BCUT2D eigenvalue weighted by Crippen LogP contribution is -2.37. The molecular weight excluding hydrogens is 362 g/mol. The summed E-state index contributed by atoms with van der Waals surface area (Å²) in [4.78, 5) is 25.4. The molecule has 5 nitrogen and oxygen atoms in total. The van der Waals surface area contributed by atoms with E-state index in [9.17, 15) is 9.59 Å². The van der Waals surface area contributed by atoms with Gasteiger partial charge in [-0.1, -0.05) is 28.1 Å². The predicted molar refractivity (Wildman–Crippen MR) is 90.0 cm³/mol. The minimum absolute atomic E-state index is 0.165. The van der Waals surface area contributed by atoms with Gasteiger partial charge in [-0.2, -0.15) is 0 Å². The summed E-state index contributed by atoms with van der Waals surface area (Å²) in [6, 6.07) is 7.62. The molecular formula is C17H22BrNO4. The number of esters is 1. The van der Waals surface area contributed by atoms with Gasteiger partial charge in [0, 0.05) is 17.8 Å². The van der Waals surface area contributed by atoms with Crippen LogP contribution in [0.3, 0.4) is 0 Å². The highest BCUT2D eigenvalue weighted by atomic mass is 79.9. The smallest absolute Gasteiger partial charge is 0.410 e. The van der Waals surface area contributed by atoms with Crippen LogP contribution in [-0.2, 0) is 14.3 Å². The maximum atomic E-state index is 12.5. The van der Waals surface area contributed by atoms with E-state index < -0.39 is 5.60 Å². The van der Waals surface area contributed by atoms with Gasteiger partial charge in [0.1, 0.15) is 11.7 Å². The van der Waals surface area contributed by atoms with Gasteiger partial charge in [0.25, 0.3) is 0 Å². The molecule has 1 amide bonds. The van der Waals surface area contributed by atoms with Gasteiger partial charge in [-0.15, -0.1) is 0 Å². The van der Waals surface area contributed by atoms with Crippen LogP contribution in [0.2, 0.25) is 0 Å². The molecule has 1 saturated heterocycles. The average molecular weight is 384 g/mol. The zero-order valence-electron chi connectivity index (χ0n) is 13.8. The maximum absolute atomic E-state index is 12.5. The van der Waals surface area contributed by atoms with Crippen molar-refractivity contribution in [3.8, 4) is 0 Å². The van der Waals surface area contributed by atoms with E-state index >= 15 is 0 Å². The molecule has 0 radical (unpaired) electrons. The second kappa shape index (κ2) is 6.91. The molecule has 1 heterocycles. The van der Waals surface area contributed by atoms with Crippen LogP contribution >= 0.6 is 15.9 Å². The Labute approximate surface area is 145 Å². The van der Waals surface area contributed by atoms with E-state index in [4.69, 9.17) is 9.47 Å². The van der Waals surface area contributed by atoms with Crippen LogP contribution in [0.25, 0.3) is 0 Å². The molecule has 1 fully saturated rings. The standard InChI is InChI=1S/C17H22BrNO4/c1-11(20)22-14-9-15(12-5-7-13(18)8-6-12)19(10-14)16(21)23-17(2,3)4/h5-8,14-15H,9-10H2,1-4H3. The summed E-state index contributed by atoms with van der Waals surface area (Å²) in [7, 11) is 0. The Bertz CT molecular complexity index is 579. The molecule has 1 aliphatic heterocycles. The molecule has 0 bridgehead atoms. The van der Waals surface area contributed by atoms with Crippen LogP contribution in [0.4, 0.5) is 4.79 Å². The molecule has 0 saturated carbocycles. The first-order chi connectivity index (χ1) is 10.7. The number of halogens is 1. The largest absolute Gasteiger partial charge is 0.461 e. The summed E-state index contributed by atoms with van der Waals surface area (Å²) in [5, 5.41) is 0. The summed E-state index contributed by atoms with van der Waals surface area (Å²) < 4.78 is 11.8. The average Bonchev–Trinajstić information content (AvgIpc) is 2.80. The highest BCUT2D eigenvalue weighted by Gasteiger charge is 2.39. The lowest BCUT2D eigenvalue weighted by atomic mass is 10.0. The third-order valence-corrected chi connectivity index (χ3v) is 4.01. The van der Waals surface area contributed by atoms with E-state index in [2.05, 4.69) is 15.9 Å². The number of nitrogens with zero attached hydrogens (tertiary/aromatic N) is 1. The van der Waals surface area contributed by atoms with Crippen LogP contribution in [-0.4, -0.2) is 35.2 Å². The number of rotatable bonds is 2. The molecule has 0 spiro atoms. The monoisotopic (exact) mass is 383 g/mol. The molecule has 0 N–H and O–H groups in total. The summed E-state index contributed by atoms with van der Waals surface area (Å²) in [6.07, 6.45) is -0.130. The Morgan fingerprint density at radius 3 is 2.35 bits per heavy atom. The summed E-state index contributed by atoms with van der Waals surface area (Å²) in [5.41, 5.74) is 0.426. The second-order valence-corrected chi connectivity index (χ2v) is 7.58. The number of carbonyl (C=O) groups is 2. The van der Waals surface area contributed by atoms with Gasteiger partial charge in [0.2, 0.25) is 0 Å². The van der Waals surface area contributed by atoms with Crippen molar-refractivity contribution in [1.82, 2.24) is 4.90 Å². The molecule has 2 atom stereocenters. The van der Waals surface area contributed by atoms with E-state index in [1.165, 1.54) is 6.92 Å². The number of amides is 1. The van der Waals surface area contributed by atoms with Gasteiger partial charge < -0.3 is 9.47 Å². The molecule has 6 heteroatoms. The number of hydrogen-bond acceptors (Lipinski definition) is 4. The molecule has 2 unspecified atom stereocenters. The van der Waals surface area contributed by atoms with Gasteiger partial charge in [0.05, 0.1) is 12.6 Å². The number of hydrogen-bond donors (Lipinski definition) is 0. The van der Waals surface area contributed by atoms with Crippen molar-refractivity contribution in [1.29, 1.82) is 0 Å². The van der Waals surface area contributed by atoms with E-state index in [1.54, 1.807) is 4.90 Å². The Kier molecular flexibility index (Phi) is 5.34. The van der Waals surface area contributed by atoms with Gasteiger partial charge in [-0.05, 0) is 38.5 Å². The van der Waals surface area contributed by atoms with Crippen molar-refractivity contribution in [2.45, 2.75) is 51.9 Å². The van der Waals surface area contributed by atoms with Gasteiger partial charge in [-0.3, -0.25) is 9.69 Å². The minimum atomic E-state index is -0.569. The van der Waals surface area contributed by atoms with Gasteiger partial charge in [-0.25, -0.2) is 4.79 Å². The van der Waals surface area contributed by atoms with Crippen LogP contribution in [0.5, 0.6) is 0 Å². The van der Waals surface area contributed by atoms with E-state index in [1.807, 2.05) is 45.0 Å². The first-order valence-corrected chi connectivity index (χ1v) is 8.37. The van der Waals surface area contributed by atoms with Gasteiger partial charge >= 0.3 is 12.1 Å². The highest BCUT2D eigenvalue weighted by molar-refractivity contribution is 9.10. The summed E-state index contributed by atoms with van der Waals surface area (Å²) >= 11 is 3.41. The third kappa shape index (κ3) is 4.96. The Hall–Kier alpha value is -1.56. The van der Waals surface area contributed by atoms with Crippen LogP contribution in [0.15, 0.2) is 28.7 Å². The fourth-order valence-electron chi connectivity index (χ4n) is 2.64. The molecule has 0 aliphatic carbocycles. The normalized spacial score (nSPS) is 21.2. The van der Waals surface area contributed by atoms with E-state index in [0.29, 0.717) is 13.0 Å². The highest BCUT2D eigenvalue weighted by Crippen LogP contribution is 2.35. The fourth-order valence-corrected chi connectivity index (χ4v) is 2.91. The SMILES string of the molecule is CC(=O)OC1CC(c2ccc(Br)cc2)N(C(=O)OC(C)(C)C)C1. The van der Waals surface area contributed by atoms with Crippen molar-refractivity contribution in [2.75, 3.05) is 6.54 Å². The molecule has 1 aromatic carbocycles. The zero-order chi connectivity index (χ0) is 17.2. The fraction of sp³-hybridized carbons (Fsp3) is 0.529. The van der Waals surface area contributed by atoms with Crippen molar-refractivity contribution in [2.24, 2.45) is 0 Å². The Morgan fingerprint density at radius 1 is 1.22 bits per heavy atom. The topological polar surface area (TPSA) is 55.8 Å². The van der Waals surface area contributed by atoms with Crippen molar-refractivity contribution in [3.05, 3.63) is 34.3 Å². The zero-order valence-corrected chi connectivity index (χ0v) is 15.4. The first kappa shape index (κ1) is 17.8. The van der Waals surface area contributed by atoms with Crippen molar-refractivity contribution in [3.63, 3.8) is 0 Å². The third-order valence-electron chi connectivity index (χ3n) is 3.48. The lowest BCUT2D eigenvalue weighted by molar-refractivity contribution is -0.145. The van der Waals surface area contributed by atoms with Crippen molar-refractivity contribution >= 4 is 28.0 Å². The lowest BCUT2D eigenvalue weighted by Gasteiger charge is -2.28. The van der Waals surface area contributed by atoms with Crippen LogP contribution < -0.4 is 0 Å². The predicted octanol–water partition coefficient (Wildman–Crippen LogP) is 4.06. The first-order valence-electron chi connectivity index (χ1n) is 7.58. The molecule has 23 heavy (non-hydrogen) atoms. The Balaban J connectivity index is 2.22. The van der Waals surface area contributed by atoms with E-state index in [-0.39, 0.29) is 24.2 Å². The maximum Gasteiger partial charge on any atom is 0.410 e. The summed E-state index contributed by atoms with van der Waals surface area (Å²) in [6.45, 7) is 7.22. The molecule has 0 aromatic heterocycles. The minimum Gasteiger partial charge on any atom is -0.461 e. The number of likely N-dealkylation sites (tertiary alicyclic amines) is 1. The molecule has 2 rings (SSSR count). The van der Waals surface area contributed by atoms with Crippen molar-refractivity contribution < 1.29 is 19.1 Å². The van der Waals surface area contributed by atoms with E-state index in [0.717, 1.165) is 10.0 Å². The van der Waals surface area contributed by atoms with Crippen LogP contribution in [0.1, 0.15) is 45.7 Å². The number of ether oxygens (including phenoxy) is 2. The number of benzene rings is 1. The molecule has 1 aliphatic rings. The Morgan fingerprint density at radius 2 is 1.83 bits per heavy atom. The molecule has 1 aromatic rings.